The molecule has 0 aliphatic carbocycles. The van der Waals surface area contributed by atoms with E-state index in [1.807, 2.05) is 18.2 Å². The van der Waals surface area contributed by atoms with E-state index in [4.69, 9.17) is 0 Å². The lowest BCUT2D eigenvalue weighted by atomic mass is 10.3. The van der Waals surface area contributed by atoms with Gasteiger partial charge in [-0.1, -0.05) is 18.2 Å². The number of rotatable bonds is 4. The highest BCUT2D eigenvalue weighted by molar-refractivity contribution is 7.98. The zero-order chi connectivity index (χ0) is 13.9. The highest BCUT2D eigenvalue weighted by Gasteiger charge is 2.08. The van der Waals surface area contributed by atoms with Crippen molar-refractivity contribution in [2.45, 2.75) is 18.4 Å². The molecule has 0 aliphatic rings. The van der Waals surface area contributed by atoms with E-state index in [0.717, 1.165) is 17.9 Å². The first-order chi connectivity index (χ1) is 9.79. The van der Waals surface area contributed by atoms with Crippen molar-refractivity contribution in [2.75, 3.05) is 11.6 Å². The molecular formula is C16H17N3S. The zero-order valence-corrected chi connectivity index (χ0v) is 12.4. The van der Waals surface area contributed by atoms with Gasteiger partial charge in [0.25, 0.3) is 0 Å². The standard InChI is InChI=1S/C16H17N3S/c1-12-14(19-10-6-5-9-16(19)18-12)11-17-13-7-3-4-8-15(13)20-2/h3-10,17H,11H2,1-2H3. The molecule has 0 saturated heterocycles. The van der Waals surface area contributed by atoms with Crippen molar-refractivity contribution in [3.63, 3.8) is 0 Å². The molecule has 2 aromatic heterocycles. The van der Waals surface area contributed by atoms with Gasteiger partial charge in [0, 0.05) is 16.8 Å². The summed E-state index contributed by atoms with van der Waals surface area (Å²) in [6.07, 6.45) is 4.16. The fraction of sp³-hybridized carbons (Fsp3) is 0.188. The molecule has 0 bridgehead atoms. The average Bonchev–Trinajstić information content (AvgIpc) is 2.81. The monoisotopic (exact) mass is 283 g/mol. The first kappa shape index (κ1) is 13.1. The number of aryl methyl sites for hydroxylation is 1. The van der Waals surface area contributed by atoms with E-state index in [1.54, 1.807) is 11.8 Å². The molecule has 4 heteroatoms. The lowest BCUT2D eigenvalue weighted by Crippen LogP contribution is -2.04. The summed E-state index contributed by atoms with van der Waals surface area (Å²) in [4.78, 5) is 5.85. The molecule has 0 unspecified atom stereocenters. The number of benzene rings is 1. The van der Waals surface area contributed by atoms with Gasteiger partial charge in [-0.2, -0.15) is 0 Å². The number of hydrogen-bond acceptors (Lipinski definition) is 3. The molecular weight excluding hydrogens is 266 g/mol. The van der Waals surface area contributed by atoms with Crippen molar-refractivity contribution < 1.29 is 0 Å². The third kappa shape index (κ3) is 2.39. The molecule has 0 amide bonds. The molecule has 3 nitrogen and oxygen atoms in total. The fourth-order valence-corrected chi connectivity index (χ4v) is 2.92. The Labute approximate surface area is 123 Å². The van der Waals surface area contributed by atoms with Crippen LogP contribution < -0.4 is 5.32 Å². The summed E-state index contributed by atoms with van der Waals surface area (Å²) in [5.74, 6) is 0. The van der Waals surface area contributed by atoms with Gasteiger partial charge in [-0.15, -0.1) is 11.8 Å². The van der Waals surface area contributed by atoms with Crippen molar-refractivity contribution in [1.82, 2.24) is 9.38 Å². The Morgan fingerprint density at radius 3 is 2.80 bits per heavy atom. The molecule has 20 heavy (non-hydrogen) atoms. The summed E-state index contributed by atoms with van der Waals surface area (Å²) >= 11 is 1.76. The lowest BCUT2D eigenvalue weighted by molar-refractivity contribution is 0.982. The van der Waals surface area contributed by atoms with Crippen LogP contribution in [0.2, 0.25) is 0 Å². The van der Waals surface area contributed by atoms with Gasteiger partial charge in [0.15, 0.2) is 0 Å². The largest absolute Gasteiger partial charge is 0.378 e. The number of anilines is 1. The number of para-hydroxylation sites is 1. The topological polar surface area (TPSA) is 29.3 Å². The number of nitrogens with one attached hydrogen (secondary N) is 1. The fourth-order valence-electron chi connectivity index (χ4n) is 2.35. The molecule has 1 N–H and O–H groups in total. The van der Waals surface area contributed by atoms with Crippen LogP contribution in [0.15, 0.2) is 53.6 Å². The SMILES string of the molecule is CSc1ccccc1NCc1c(C)nc2ccccn12. The van der Waals surface area contributed by atoms with E-state index in [-0.39, 0.29) is 0 Å². The number of imidazole rings is 1. The normalized spacial score (nSPS) is 10.9. The lowest BCUT2D eigenvalue weighted by Gasteiger charge is -2.10. The van der Waals surface area contributed by atoms with Crippen LogP contribution in [-0.2, 0) is 6.54 Å². The number of nitrogens with zero attached hydrogens (tertiary/aromatic N) is 2. The Kier molecular flexibility index (Phi) is 3.65. The maximum Gasteiger partial charge on any atom is 0.137 e. The van der Waals surface area contributed by atoms with Crippen molar-refractivity contribution in [2.24, 2.45) is 0 Å². The summed E-state index contributed by atoms with van der Waals surface area (Å²) in [5, 5.41) is 3.52. The van der Waals surface area contributed by atoms with Gasteiger partial charge >= 0.3 is 0 Å². The molecule has 0 spiro atoms. The molecule has 1 aromatic carbocycles. The van der Waals surface area contributed by atoms with Gasteiger partial charge in [-0.05, 0) is 37.4 Å². The molecule has 3 rings (SSSR count). The van der Waals surface area contributed by atoms with Crippen LogP contribution in [0.25, 0.3) is 5.65 Å². The molecule has 0 fully saturated rings. The number of aromatic nitrogens is 2. The van der Waals surface area contributed by atoms with Gasteiger partial charge in [-0.3, -0.25) is 0 Å². The maximum atomic E-state index is 4.59. The number of pyridine rings is 1. The van der Waals surface area contributed by atoms with Crippen molar-refractivity contribution in [3.05, 3.63) is 60.0 Å². The molecule has 3 aromatic rings. The smallest absolute Gasteiger partial charge is 0.137 e. The van der Waals surface area contributed by atoms with E-state index < -0.39 is 0 Å². The molecule has 102 valence electrons. The quantitative estimate of drug-likeness (QED) is 0.734. The Morgan fingerprint density at radius 2 is 1.95 bits per heavy atom. The first-order valence-corrected chi connectivity index (χ1v) is 7.81. The second-order valence-electron chi connectivity index (χ2n) is 4.63. The van der Waals surface area contributed by atoms with Crippen LogP contribution in [0.1, 0.15) is 11.4 Å². The summed E-state index contributed by atoms with van der Waals surface area (Å²) in [6.45, 7) is 2.83. The predicted molar refractivity (Wildman–Crippen MR) is 85.5 cm³/mol. The van der Waals surface area contributed by atoms with Gasteiger partial charge < -0.3 is 9.72 Å². The maximum absolute atomic E-state index is 4.59. The summed E-state index contributed by atoms with van der Waals surface area (Å²) < 4.78 is 2.14. The van der Waals surface area contributed by atoms with Crippen LogP contribution >= 0.6 is 11.8 Å². The van der Waals surface area contributed by atoms with Gasteiger partial charge in [0.1, 0.15) is 5.65 Å². The predicted octanol–water partition coefficient (Wildman–Crippen LogP) is 3.98. The third-order valence-corrected chi connectivity index (χ3v) is 4.18. The molecule has 0 saturated carbocycles. The van der Waals surface area contributed by atoms with Crippen LogP contribution in [0.4, 0.5) is 5.69 Å². The number of hydrogen-bond donors (Lipinski definition) is 1. The van der Waals surface area contributed by atoms with E-state index in [9.17, 15) is 0 Å². The minimum absolute atomic E-state index is 0.772. The van der Waals surface area contributed by atoms with Crippen LogP contribution in [0, 0.1) is 6.92 Å². The van der Waals surface area contributed by atoms with Crippen LogP contribution in [0.3, 0.4) is 0 Å². The zero-order valence-electron chi connectivity index (χ0n) is 11.6. The van der Waals surface area contributed by atoms with Crippen LogP contribution in [0.5, 0.6) is 0 Å². The molecule has 0 atom stereocenters. The first-order valence-electron chi connectivity index (χ1n) is 6.59. The molecule has 2 heterocycles. The number of thioether (sulfide) groups is 1. The van der Waals surface area contributed by atoms with Gasteiger partial charge in [-0.25, -0.2) is 4.98 Å². The van der Waals surface area contributed by atoms with Crippen molar-refractivity contribution >= 4 is 23.1 Å². The van der Waals surface area contributed by atoms with Crippen LogP contribution in [-0.4, -0.2) is 15.6 Å². The summed E-state index contributed by atoms with van der Waals surface area (Å²) in [7, 11) is 0. The minimum atomic E-state index is 0.772. The van der Waals surface area contributed by atoms with E-state index in [2.05, 4.69) is 58.3 Å². The minimum Gasteiger partial charge on any atom is -0.378 e. The van der Waals surface area contributed by atoms with Gasteiger partial charge in [0.05, 0.1) is 17.9 Å². The Bertz CT molecular complexity index is 733. The number of fused-ring (bicyclic) bond motifs is 1. The Balaban J connectivity index is 1.89. The Hall–Kier alpha value is -1.94. The second-order valence-corrected chi connectivity index (χ2v) is 5.47. The van der Waals surface area contributed by atoms with E-state index in [1.165, 1.54) is 16.3 Å². The van der Waals surface area contributed by atoms with E-state index in [0.29, 0.717) is 0 Å². The van der Waals surface area contributed by atoms with Crippen molar-refractivity contribution in [1.29, 1.82) is 0 Å². The highest BCUT2D eigenvalue weighted by atomic mass is 32.2. The third-order valence-electron chi connectivity index (χ3n) is 3.38. The Morgan fingerprint density at radius 1 is 1.15 bits per heavy atom. The second kappa shape index (κ2) is 5.59. The average molecular weight is 283 g/mol. The highest BCUT2D eigenvalue weighted by Crippen LogP contribution is 2.25. The summed E-state index contributed by atoms with van der Waals surface area (Å²) in [5.41, 5.74) is 4.45. The van der Waals surface area contributed by atoms with Crippen molar-refractivity contribution in [3.8, 4) is 0 Å². The molecule has 0 aliphatic heterocycles. The molecule has 0 radical (unpaired) electrons. The summed E-state index contributed by atoms with van der Waals surface area (Å²) in [6, 6.07) is 14.5. The van der Waals surface area contributed by atoms with Gasteiger partial charge in [0.2, 0.25) is 0 Å². The van der Waals surface area contributed by atoms with E-state index >= 15 is 0 Å².